The van der Waals surface area contributed by atoms with Crippen LogP contribution in [0.5, 0.6) is 23.3 Å². The van der Waals surface area contributed by atoms with E-state index in [1.807, 2.05) is 48.5 Å². The molecule has 6 aromatic rings. The number of hydrogen-bond donors (Lipinski definition) is 0. The van der Waals surface area contributed by atoms with Crippen LogP contribution < -0.4 is 9.47 Å². The van der Waals surface area contributed by atoms with Gasteiger partial charge in [-0.3, -0.25) is 0 Å². The largest absolute Gasteiger partial charge is 0.669 e. The molecule has 66 heavy (non-hydrogen) atoms. The van der Waals surface area contributed by atoms with E-state index in [1.165, 1.54) is 99.8 Å². The average Bonchev–Trinajstić information content (AvgIpc) is 3.81. The Morgan fingerprint density at radius 3 is 1.09 bits per heavy atom. The molecular weight excluding hydrogens is 1170 g/mol. The maximum Gasteiger partial charge on any atom is 0.215 e. The molecule has 0 spiro atoms. The van der Waals surface area contributed by atoms with Gasteiger partial charge in [-0.05, 0) is 137 Å². The molecule has 0 radical (unpaired) electrons. The second-order valence-corrected chi connectivity index (χ2v) is 19.5. The van der Waals surface area contributed by atoms with Crippen molar-refractivity contribution in [1.82, 2.24) is 19.1 Å². The van der Waals surface area contributed by atoms with Gasteiger partial charge in [-0.1, -0.05) is 76.0 Å². The number of benzene rings is 2. The van der Waals surface area contributed by atoms with E-state index in [0.717, 1.165) is 36.8 Å². The Labute approximate surface area is 423 Å². The van der Waals surface area contributed by atoms with Crippen molar-refractivity contribution in [3.63, 3.8) is 0 Å². The van der Waals surface area contributed by atoms with Gasteiger partial charge in [0.1, 0.15) is 0 Å². The van der Waals surface area contributed by atoms with Gasteiger partial charge in [0.2, 0.25) is 11.8 Å². The van der Waals surface area contributed by atoms with Crippen LogP contribution in [0.25, 0.3) is 11.1 Å². The summed E-state index contributed by atoms with van der Waals surface area (Å²) in [7, 11) is 0. The molecule has 350 valence electrons. The first-order chi connectivity index (χ1) is 30.9. The molecule has 4 heterocycles. The second kappa shape index (κ2) is 22.5. The summed E-state index contributed by atoms with van der Waals surface area (Å²) in [6.45, 7) is 12.8. The third-order valence-electron chi connectivity index (χ3n) is 13.0. The molecule has 0 N–H and O–H groups in total. The van der Waals surface area contributed by atoms with Crippen LogP contribution in [0.2, 0.25) is 0 Å². The number of rotatable bonds is 5. The summed E-state index contributed by atoms with van der Waals surface area (Å²) < 4.78 is 16.4. The molecule has 0 amide bonds. The fourth-order valence-corrected chi connectivity index (χ4v) is 9.86. The Kier molecular flexibility index (Phi) is 17.3. The Morgan fingerprint density at radius 2 is 0.818 bits per heavy atom. The van der Waals surface area contributed by atoms with Gasteiger partial charge in [0, 0.05) is 89.4 Å². The van der Waals surface area contributed by atoms with Gasteiger partial charge in [-0.15, -0.1) is 0 Å². The molecule has 0 saturated carbocycles. The summed E-state index contributed by atoms with van der Waals surface area (Å²) in [5, 5.41) is 0. The van der Waals surface area contributed by atoms with E-state index in [0.29, 0.717) is 34.4 Å². The van der Waals surface area contributed by atoms with Crippen molar-refractivity contribution in [3.05, 3.63) is 154 Å². The van der Waals surface area contributed by atoms with Gasteiger partial charge in [0.25, 0.3) is 0 Å². The van der Waals surface area contributed by atoms with Crippen molar-refractivity contribution in [1.29, 1.82) is 0 Å². The van der Waals surface area contributed by atoms with Crippen molar-refractivity contribution >= 4 is 0 Å². The molecule has 0 bridgehead atoms. The first-order valence-corrected chi connectivity index (χ1v) is 23.4. The minimum atomic E-state index is -0.160. The molecule has 4 aromatic heterocycles. The smallest absolute Gasteiger partial charge is 0.215 e. The van der Waals surface area contributed by atoms with Crippen LogP contribution >= 0.6 is 0 Å². The Bertz CT molecular complexity index is 2420. The summed E-state index contributed by atoms with van der Waals surface area (Å²) in [6, 6.07) is 33.8. The van der Waals surface area contributed by atoms with E-state index >= 15 is 0 Å². The minimum absolute atomic E-state index is 0. The first-order valence-electron chi connectivity index (χ1n) is 23.4. The third-order valence-corrected chi connectivity index (χ3v) is 13.0. The van der Waals surface area contributed by atoms with Gasteiger partial charge >= 0.3 is 0 Å². The van der Waals surface area contributed by atoms with Gasteiger partial charge in [-0.2, -0.15) is 11.1 Å². The van der Waals surface area contributed by atoms with Crippen LogP contribution in [-0.2, 0) is 104 Å². The summed E-state index contributed by atoms with van der Waals surface area (Å²) in [6.07, 6.45) is 38.4. The fourth-order valence-electron chi connectivity index (χ4n) is 9.86. The van der Waals surface area contributed by atoms with Gasteiger partial charge in [0.15, 0.2) is 0 Å². The fraction of sp³-hybridized carbons (Fsp3) is 0.414. The van der Waals surface area contributed by atoms with Crippen LogP contribution in [0.1, 0.15) is 149 Å². The van der Waals surface area contributed by atoms with E-state index in [2.05, 4.69) is 97.0 Å². The summed E-state index contributed by atoms with van der Waals surface area (Å²) >= 11 is 0. The molecule has 0 unspecified atom stereocenters. The Hall–Kier alpha value is -4.60. The van der Waals surface area contributed by atoms with E-state index in [9.17, 15) is 0 Å². The second-order valence-electron chi connectivity index (χ2n) is 19.5. The molecule has 0 atom stereocenters. The van der Waals surface area contributed by atoms with Crippen LogP contribution in [0.3, 0.4) is 0 Å². The molecule has 4 aliphatic carbocycles. The number of nitrogens with zero attached hydrogens (tertiary/aromatic N) is 4. The van der Waals surface area contributed by atoms with Crippen molar-refractivity contribution in [3.8, 4) is 46.5 Å². The van der Waals surface area contributed by atoms with Crippen molar-refractivity contribution in [2.24, 2.45) is 0 Å². The van der Waals surface area contributed by atoms with Crippen LogP contribution in [0.15, 0.2) is 60.9 Å². The Balaban J connectivity index is 0.000000185. The molecule has 0 fully saturated rings. The molecule has 8 heteroatoms. The van der Waals surface area contributed by atoms with Crippen molar-refractivity contribution < 1.29 is 51.6 Å². The maximum atomic E-state index is 7.45. The van der Waals surface area contributed by atoms with Crippen LogP contribution in [-0.4, -0.2) is 19.1 Å². The molecule has 0 saturated heterocycles. The zero-order valence-electron chi connectivity index (χ0n) is 39.3. The quantitative estimate of drug-likeness (QED) is 0.127. The minimum Gasteiger partial charge on any atom is -0.669 e. The maximum absolute atomic E-state index is 7.45. The monoisotopic (exact) mass is 1230 g/mol. The molecule has 6 nitrogen and oxygen atoms in total. The molecule has 4 aliphatic rings. The zero-order valence-corrected chi connectivity index (χ0v) is 43.9. The van der Waals surface area contributed by atoms with Gasteiger partial charge in [0.05, 0.1) is 0 Å². The van der Waals surface area contributed by atoms with Crippen molar-refractivity contribution in [2.45, 2.75) is 155 Å². The van der Waals surface area contributed by atoms with Gasteiger partial charge < -0.3 is 66.8 Å². The normalized spacial score (nSPS) is 14.8. The predicted molar refractivity (Wildman–Crippen MR) is 254 cm³/mol. The number of pyridine rings is 2. The SMILES string of the molecule is CC(C)(C)c1c[c-]c(-c2[c-]cc(C(C)(C)C)c(Oc3ccccn3)[c-]2)[c-]c1Oc1ccccn1.[C-]#Cn1c2c(c3c1CCCC3)CCCC2.[C-]#Cn1c2c(c3c1CCCC3)CCCC2.[Pt].[Pt]. The van der Waals surface area contributed by atoms with Crippen LogP contribution in [0.4, 0.5) is 0 Å². The third kappa shape index (κ3) is 11.4. The van der Waals surface area contributed by atoms with Crippen molar-refractivity contribution in [2.75, 3.05) is 0 Å². The first kappa shape index (κ1) is 50.8. The molecule has 10 rings (SSSR count). The number of fused-ring (bicyclic) bond motifs is 6. The number of hydrogen-bond acceptors (Lipinski definition) is 4. The summed E-state index contributed by atoms with van der Waals surface area (Å²) in [5.41, 5.74) is 15.0. The number of aromatic nitrogens is 4. The van der Waals surface area contributed by atoms with Gasteiger partial charge in [-0.25, -0.2) is 34.2 Å². The van der Waals surface area contributed by atoms with E-state index in [4.69, 9.17) is 22.3 Å². The average molecular weight is 1240 g/mol. The standard InChI is InChI=1S/C30H28N2O2.2C14H16N.2Pt/c1-29(2,3)23-15-13-21(19-25(23)33-27-11-7-9-17-31-27)22-14-16-24(30(4,5)6)26(20-22)34-28-12-8-10-18-32-28;2*1-2-15-13-9-5-3-7-11(13)12-8-4-6-10-14(12)15;;/h7-12,15-18H,1-6H3;2*3-10H2;;/q-4;2*-1;;. The van der Waals surface area contributed by atoms with E-state index in [1.54, 1.807) is 34.6 Å². The molecule has 0 aliphatic heterocycles. The molecule has 2 aromatic carbocycles. The number of ether oxygens (including phenoxy) is 2. The Morgan fingerprint density at radius 1 is 0.500 bits per heavy atom. The summed E-state index contributed by atoms with van der Waals surface area (Å²) in [4.78, 5) is 8.61. The molecular formula is C58H60N4O2Pt2-6. The predicted octanol–water partition coefficient (Wildman–Crippen LogP) is 12.8. The van der Waals surface area contributed by atoms with E-state index < -0.39 is 0 Å². The van der Waals surface area contributed by atoms with E-state index in [-0.39, 0.29) is 53.0 Å². The summed E-state index contributed by atoms with van der Waals surface area (Å²) in [5.74, 6) is 2.23. The van der Waals surface area contributed by atoms with Crippen LogP contribution in [0, 0.1) is 49.2 Å². The zero-order chi connectivity index (χ0) is 44.8. The topological polar surface area (TPSA) is 54.1 Å².